The van der Waals surface area contributed by atoms with Crippen LogP contribution < -0.4 is 0 Å². The van der Waals surface area contributed by atoms with Gasteiger partial charge in [0.25, 0.3) is 0 Å². The molecule has 2 aromatic carbocycles. The zero-order chi connectivity index (χ0) is 20.6. The van der Waals surface area contributed by atoms with Crippen molar-refractivity contribution >= 4 is 22.0 Å². The summed E-state index contributed by atoms with van der Waals surface area (Å²) >= 11 is 3.41. The number of amides is 1. The van der Waals surface area contributed by atoms with E-state index in [1.165, 1.54) is 0 Å². The first kappa shape index (κ1) is 22.0. The topological polar surface area (TPSA) is 53.3 Å². The molecule has 0 spiro atoms. The maximum atomic E-state index is 12.3. The highest BCUT2D eigenvalue weighted by Gasteiger charge is 2.34. The number of carbonyl (C=O) groups excluding carboxylic acids is 1. The molecule has 0 N–H and O–H groups in total. The van der Waals surface area contributed by atoms with Gasteiger partial charge in [0, 0.05) is 23.9 Å². The highest BCUT2D eigenvalue weighted by Crippen LogP contribution is 2.30. The monoisotopic (exact) mass is 442 g/mol. The summed E-state index contributed by atoms with van der Waals surface area (Å²) in [4.78, 5) is 14.0. The van der Waals surface area contributed by atoms with Gasteiger partial charge in [-0.15, -0.1) is 0 Å². The van der Waals surface area contributed by atoms with Crippen molar-refractivity contribution in [2.24, 2.45) is 5.41 Å². The zero-order valence-corrected chi connectivity index (χ0v) is 18.2. The highest BCUT2D eigenvalue weighted by atomic mass is 79.9. The van der Waals surface area contributed by atoms with Crippen molar-refractivity contribution in [2.75, 3.05) is 6.54 Å². The first-order valence-corrected chi connectivity index (χ1v) is 10.3. The molecule has 0 radical (unpaired) electrons. The fraction of sp³-hybridized carbons (Fsp3) is 0.391. The molecule has 0 bridgehead atoms. The van der Waals surface area contributed by atoms with Crippen LogP contribution in [-0.2, 0) is 4.74 Å². The maximum absolute atomic E-state index is 12.3. The molecule has 1 aliphatic heterocycles. The predicted molar refractivity (Wildman–Crippen MR) is 115 cm³/mol. The van der Waals surface area contributed by atoms with E-state index >= 15 is 0 Å². The van der Waals surface area contributed by atoms with Gasteiger partial charge >= 0.3 is 6.09 Å². The lowest BCUT2D eigenvalue weighted by atomic mass is 9.87. The summed E-state index contributed by atoms with van der Waals surface area (Å²) in [7, 11) is 0. The second-order valence-electron chi connectivity index (χ2n) is 7.57. The number of hydrogen-bond donors (Lipinski definition) is 0. The molecule has 2 atom stereocenters. The Hall–Kier alpha value is -2.32. The molecule has 0 aromatic heterocycles. The first-order chi connectivity index (χ1) is 13.3. The second-order valence-corrected chi connectivity index (χ2v) is 8.49. The van der Waals surface area contributed by atoms with E-state index in [4.69, 9.17) is 10.00 Å². The lowest BCUT2D eigenvalue weighted by molar-refractivity contribution is 0.000796. The van der Waals surface area contributed by atoms with Gasteiger partial charge < -0.3 is 9.64 Å². The lowest BCUT2D eigenvalue weighted by Crippen LogP contribution is -2.44. The van der Waals surface area contributed by atoms with Gasteiger partial charge in [0.15, 0.2) is 0 Å². The summed E-state index contributed by atoms with van der Waals surface area (Å²) in [6.45, 7) is 6.40. The van der Waals surface area contributed by atoms with Crippen LogP contribution in [0.1, 0.15) is 45.2 Å². The van der Waals surface area contributed by atoms with Crippen LogP contribution in [0.4, 0.5) is 4.79 Å². The van der Waals surface area contributed by atoms with Crippen LogP contribution >= 0.6 is 15.9 Å². The molecule has 1 aliphatic rings. The van der Waals surface area contributed by atoms with E-state index in [9.17, 15) is 4.79 Å². The van der Waals surface area contributed by atoms with E-state index in [0.29, 0.717) is 13.0 Å². The van der Waals surface area contributed by atoms with Gasteiger partial charge in [-0.05, 0) is 38.5 Å². The van der Waals surface area contributed by atoms with Gasteiger partial charge in [-0.1, -0.05) is 64.5 Å². The number of ether oxygens (including phenoxy) is 1. The van der Waals surface area contributed by atoms with Crippen LogP contribution in [0.25, 0.3) is 0 Å². The van der Waals surface area contributed by atoms with Gasteiger partial charge in [0.05, 0.1) is 17.5 Å². The summed E-state index contributed by atoms with van der Waals surface area (Å²) in [5.41, 5.74) is 0.612. The van der Waals surface area contributed by atoms with E-state index in [0.717, 1.165) is 16.5 Å². The minimum Gasteiger partial charge on any atom is -0.446 e. The number of cyclic esters (lactones) is 1. The average molecular weight is 443 g/mol. The summed E-state index contributed by atoms with van der Waals surface area (Å²) in [5, 5.41) is 9.10. The summed E-state index contributed by atoms with van der Waals surface area (Å²) in [5.74, 6) is 0. The average Bonchev–Trinajstić information content (AvgIpc) is 2.70. The van der Waals surface area contributed by atoms with Crippen LogP contribution in [0.3, 0.4) is 0 Å². The molecule has 1 saturated heterocycles. The van der Waals surface area contributed by atoms with Crippen molar-refractivity contribution in [3.63, 3.8) is 0 Å². The van der Waals surface area contributed by atoms with E-state index < -0.39 is 5.41 Å². The van der Waals surface area contributed by atoms with Gasteiger partial charge in [-0.3, -0.25) is 0 Å². The van der Waals surface area contributed by atoms with Crippen LogP contribution in [-0.4, -0.2) is 23.6 Å². The number of halogens is 1. The fourth-order valence-corrected chi connectivity index (χ4v) is 3.32. The molecule has 1 heterocycles. The molecule has 4 nitrogen and oxygen atoms in total. The quantitative estimate of drug-likeness (QED) is 0.554. The van der Waals surface area contributed by atoms with E-state index in [2.05, 4.69) is 22.0 Å². The van der Waals surface area contributed by atoms with Gasteiger partial charge in [0.1, 0.15) is 6.10 Å². The SMILES string of the molecule is CC(c1ccc(Br)cc1)N1CCC(CC(C)(C)C#N)OC1=O.c1ccccc1. The Labute approximate surface area is 176 Å². The third kappa shape index (κ3) is 6.69. The van der Waals surface area contributed by atoms with Crippen molar-refractivity contribution in [1.29, 1.82) is 5.26 Å². The van der Waals surface area contributed by atoms with Crippen molar-refractivity contribution in [1.82, 2.24) is 4.90 Å². The molecule has 28 heavy (non-hydrogen) atoms. The van der Waals surface area contributed by atoms with Crippen molar-refractivity contribution in [3.05, 3.63) is 70.7 Å². The Bertz CT molecular complexity index is 758. The molecule has 5 heteroatoms. The van der Waals surface area contributed by atoms with E-state index in [1.54, 1.807) is 4.90 Å². The molecule has 2 unspecified atom stereocenters. The van der Waals surface area contributed by atoms with Crippen molar-refractivity contribution in [3.8, 4) is 6.07 Å². The Balaban J connectivity index is 0.000000397. The van der Waals surface area contributed by atoms with Crippen molar-refractivity contribution < 1.29 is 9.53 Å². The van der Waals surface area contributed by atoms with Gasteiger partial charge in [-0.2, -0.15) is 5.26 Å². The highest BCUT2D eigenvalue weighted by molar-refractivity contribution is 9.10. The Kier molecular flexibility index (Phi) is 8.07. The standard InChI is InChI=1S/C17H21BrN2O2.C6H6/c1-12(13-4-6-14(18)7-5-13)20-9-8-15(22-16(20)21)10-17(2,3)11-19;1-2-4-6-5-3-1/h4-7,12,15H,8-10H2,1-3H3;1-6H. The number of carbonyl (C=O) groups is 1. The number of hydrogen-bond acceptors (Lipinski definition) is 3. The largest absolute Gasteiger partial charge is 0.446 e. The molecular weight excluding hydrogens is 416 g/mol. The van der Waals surface area contributed by atoms with E-state index in [-0.39, 0.29) is 18.2 Å². The molecule has 1 amide bonds. The number of nitriles is 1. The Morgan fingerprint density at radius 1 is 1.18 bits per heavy atom. The fourth-order valence-electron chi connectivity index (χ4n) is 3.06. The molecule has 0 saturated carbocycles. The minimum atomic E-state index is -0.468. The summed E-state index contributed by atoms with van der Waals surface area (Å²) in [6.07, 6.45) is 0.879. The van der Waals surface area contributed by atoms with Gasteiger partial charge in [-0.25, -0.2) is 4.79 Å². The molecule has 2 aromatic rings. The van der Waals surface area contributed by atoms with Crippen LogP contribution in [0.5, 0.6) is 0 Å². The predicted octanol–water partition coefficient (Wildman–Crippen LogP) is 6.35. The summed E-state index contributed by atoms with van der Waals surface area (Å²) in [6, 6.07) is 22.2. The number of benzene rings is 2. The maximum Gasteiger partial charge on any atom is 0.410 e. The zero-order valence-electron chi connectivity index (χ0n) is 16.6. The van der Waals surface area contributed by atoms with Crippen LogP contribution in [0, 0.1) is 16.7 Å². The smallest absolute Gasteiger partial charge is 0.410 e. The summed E-state index contributed by atoms with van der Waals surface area (Å²) < 4.78 is 6.55. The molecule has 3 rings (SSSR count). The molecule has 148 valence electrons. The molecule has 1 fully saturated rings. The first-order valence-electron chi connectivity index (χ1n) is 9.46. The Morgan fingerprint density at radius 3 is 2.18 bits per heavy atom. The van der Waals surface area contributed by atoms with Crippen LogP contribution in [0.2, 0.25) is 0 Å². The molecular formula is C23H27BrN2O2. The minimum absolute atomic E-state index is 0.0227. The Morgan fingerprint density at radius 2 is 1.71 bits per heavy atom. The van der Waals surface area contributed by atoms with E-state index in [1.807, 2.05) is 81.4 Å². The third-order valence-electron chi connectivity index (χ3n) is 4.72. The van der Waals surface area contributed by atoms with Crippen molar-refractivity contribution in [2.45, 2.75) is 45.8 Å². The van der Waals surface area contributed by atoms with Crippen LogP contribution in [0.15, 0.2) is 65.1 Å². The van der Waals surface area contributed by atoms with Gasteiger partial charge in [0.2, 0.25) is 0 Å². The molecule has 0 aliphatic carbocycles. The normalized spacial score (nSPS) is 17.6. The lowest BCUT2D eigenvalue weighted by Gasteiger charge is -2.37. The number of rotatable bonds is 4. The second kappa shape index (κ2) is 10.3. The number of nitrogens with zero attached hydrogens (tertiary/aromatic N) is 2. The third-order valence-corrected chi connectivity index (χ3v) is 5.25.